The van der Waals surface area contributed by atoms with Crippen LogP contribution in [0, 0.1) is 0 Å². The summed E-state index contributed by atoms with van der Waals surface area (Å²) in [4.78, 5) is 12.2. The first-order valence-electron chi connectivity index (χ1n) is 6.19. The smallest absolute Gasteiger partial charge is 0.322 e. The van der Waals surface area contributed by atoms with Crippen LogP contribution in [0.5, 0.6) is 6.01 Å². The molecule has 0 bridgehead atoms. The van der Waals surface area contributed by atoms with Crippen LogP contribution >= 0.6 is 23.4 Å². The zero-order chi connectivity index (χ0) is 14.4. The molecule has 0 spiro atoms. The van der Waals surface area contributed by atoms with Crippen molar-refractivity contribution in [1.29, 1.82) is 0 Å². The molecule has 7 heteroatoms. The molecule has 1 heterocycles. The third-order valence-electron chi connectivity index (χ3n) is 2.33. The molecule has 0 saturated heterocycles. The summed E-state index contributed by atoms with van der Waals surface area (Å²) in [5.74, 6) is 0.901. The van der Waals surface area contributed by atoms with E-state index in [0.717, 1.165) is 22.8 Å². The highest BCUT2D eigenvalue weighted by atomic mass is 35.5. The average molecular weight is 311 g/mol. The van der Waals surface area contributed by atoms with Gasteiger partial charge >= 0.3 is 6.01 Å². The van der Waals surface area contributed by atoms with Crippen molar-refractivity contribution in [3.05, 3.63) is 34.9 Å². The fourth-order valence-electron chi connectivity index (χ4n) is 1.40. The van der Waals surface area contributed by atoms with Gasteiger partial charge in [0.2, 0.25) is 5.95 Å². The predicted octanol–water partition coefficient (Wildman–Crippen LogP) is 3.19. The van der Waals surface area contributed by atoms with E-state index in [1.54, 1.807) is 0 Å². The van der Waals surface area contributed by atoms with E-state index in [9.17, 15) is 0 Å². The third-order valence-corrected chi connectivity index (χ3v) is 3.50. The third kappa shape index (κ3) is 4.54. The molecule has 0 saturated carbocycles. The molecule has 2 rings (SSSR count). The number of hydrogen-bond acceptors (Lipinski definition) is 6. The highest BCUT2D eigenvalue weighted by Gasteiger charge is 2.06. The molecule has 106 valence electrons. The molecule has 0 fully saturated rings. The number of ether oxygens (including phenoxy) is 1. The Balaban J connectivity index is 2.01. The normalized spacial score (nSPS) is 10.5. The Morgan fingerprint density at radius 3 is 2.65 bits per heavy atom. The number of nitrogens with zero attached hydrogens (tertiary/aromatic N) is 3. The highest BCUT2D eigenvalue weighted by molar-refractivity contribution is 7.98. The van der Waals surface area contributed by atoms with E-state index >= 15 is 0 Å². The molecule has 1 aromatic carbocycles. The molecular formula is C13H15ClN4OS. The fourth-order valence-corrected chi connectivity index (χ4v) is 2.32. The minimum Gasteiger partial charge on any atom is -0.463 e. The molecule has 0 unspecified atom stereocenters. The number of hydrogen-bond donors (Lipinski definition) is 1. The van der Waals surface area contributed by atoms with Crippen molar-refractivity contribution in [1.82, 2.24) is 15.0 Å². The predicted molar refractivity (Wildman–Crippen MR) is 81.0 cm³/mol. The maximum atomic E-state index is 5.85. The van der Waals surface area contributed by atoms with Gasteiger partial charge in [-0.1, -0.05) is 42.4 Å². The lowest BCUT2D eigenvalue weighted by molar-refractivity contribution is 0.288. The lowest BCUT2D eigenvalue weighted by Gasteiger charge is -2.05. The molecule has 0 radical (unpaired) electrons. The van der Waals surface area contributed by atoms with Crippen molar-refractivity contribution in [2.24, 2.45) is 0 Å². The number of thioether (sulfide) groups is 1. The van der Waals surface area contributed by atoms with Gasteiger partial charge in [-0.3, -0.25) is 0 Å². The number of nitrogens with two attached hydrogens (primary N) is 1. The Bertz CT molecular complexity index is 565. The van der Waals surface area contributed by atoms with Gasteiger partial charge in [0.05, 0.1) is 6.61 Å². The summed E-state index contributed by atoms with van der Waals surface area (Å²) < 4.78 is 5.37. The maximum absolute atomic E-state index is 5.85. The lowest BCUT2D eigenvalue weighted by atomic mass is 10.2. The van der Waals surface area contributed by atoms with Crippen molar-refractivity contribution in [2.75, 3.05) is 12.3 Å². The van der Waals surface area contributed by atoms with Gasteiger partial charge < -0.3 is 10.5 Å². The van der Waals surface area contributed by atoms with E-state index < -0.39 is 0 Å². The molecule has 0 atom stereocenters. The number of anilines is 1. The van der Waals surface area contributed by atoms with Crippen LogP contribution in [0.2, 0.25) is 5.02 Å². The standard InChI is InChI=1S/C13H15ClN4OS/c1-2-7-19-12-16-11(15)17-13(18-12)20-8-9-3-5-10(14)6-4-9/h3-6H,2,7-8H2,1H3,(H2,15,16,17,18). The molecule has 2 N–H and O–H groups in total. The quantitative estimate of drug-likeness (QED) is 0.826. The number of benzene rings is 1. The van der Waals surface area contributed by atoms with Gasteiger partial charge in [0.1, 0.15) is 0 Å². The molecule has 1 aromatic heterocycles. The summed E-state index contributed by atoms with van der Waals surface area (Å²) in [5, 5.41) is 1.27. The topological polar surface area (TPSA) is 73.9 Å². The largest absolute Gasteiger partial charge is 0.463 e. The van der Waals surface area contributed by atoms with E-state index in [1.807, 2.05) is 31.2 Å². The Morgan fingerprint density at radius 1 is 1.20 bits per heavy atom. The number of rotatable bonds is 6. The van der Waals surface area contributed by atoms with Gasteiger partial charge in [-0.05, 0) is 24.1 Å². The Hall–Kier alpha value is -1.53. The van der Waals surface area contributed by atoms with E-state index in [-0.39, 0.29) is 12.0 Å². The van der Waals surface area contributed by atoms with Gasteiger partial charge in [-0.25, -0.2) is 0 Å². The molecule has 2 aromatic rings. The van der Waals surface area contributed by atoms with Crippen molar-refractivity contribution >= 4 is 29.3 Å². The summed E-state index contributed by atoms with van der Waals surface area (Å²) in [6.07, 6.45) is 0.888. The van der Waals surface area contributed by atoms with Crippen LogP contribution in [-0.2, 0) is 5.75 Å². The SMILES string of the molecule is CCCOc1nc(N)nc(SCc2ccc(Cl)cc2)n1. The second-order valence-electron chi connectivity index (χ2n) is 4.02. The van der Waals surface area contributed by atoms with Crippen LogP contribution in [-0.4, -0.2) is 21.6 Å². The first-order chi connectivity index (χ1) is 9.67. The Morgan fingerprint density at radius 2 is 1.95 bits per heavy atom. The molecule has 5 nitrogen and oxygen atoms in total. The summed E-state index contributed by atoms with van der Waals surface area (Å²) >= 11 is 7.32. The summed E-state index contributed by atoms with van der Waals surface area (Å²) in [7, 11) is 0. The summed E-state index contributed by atoms with van der Waals surface area (Å²) in [5.41, 5.74) is 6.78. The Kier molecular flexibility index (Phi) is 5.43. The maximum Gasteiger partial charge on any atom is 0.322 e. The molecule has 20 heavy (non-hydrogen) atoms. The van der Waals surface area contributed by atoms with E-state index in [1.165, 1.54) is 11.8 Å². The molecule has 0 aliphatic rings. The van der Waals surface area contributed by atoms with E-state index in [0.29, 0.717) is 11.8 Å². The minimum absolute atomic E-state index is 0.171. The van der Waals surface area contributed by atoms with Crippen LogP contribution in [0.4, 0.5) is 5.95 Å². The van der Waals surface area contributed by atoms with E-state index in [4.69, 9.17) is 22.1 Å². The molecule has 0 aliphatic heterocycles. The summed E-state index contributed by atoms with van der Waals surface area (Å²) in [6, 6.07) is 7.92. The first kappa shape index (κ1) is 14.9. The monoisotopic (exact) mass is 310 g/mol. The second kappa shape index (κ2) is 7.31. The van der Waals surface area contributed by atoms with Crippen LogP contribution in [0.1, 0.15) is 18.9 Å². The average Bonchev–Trinajstić information content (AvgIpc) is 2.44. The number of halogens is 1. The van der Waals surface area contributed by atoms with Crippen molar-refractivity contribution in [3.63, 3.8) is 0 Å². The van der Waals surface area contributed by atoms with Gasteiger partial charge in [0, 0.05) is 10.8 Å². The van der Waals surface area contributed by atoms with Gasteiger partial charge in [-0.2, -0.15) is 15.0 Å². The van der Waals surface area contributed by atoms with Crippen molar-refractivity contribution in [2.45, 2.75) is 24.3 Å². The molecule has 0 aliphatic carbocycles. The highest BCUT2D eigenvalue weighted by Crippen LogP contribution is 2.22. The summed E-state index contributed by atoms with van der Waals surface area (Å²) in [6.45, 7) is 2.57. The van der Waals surface area contributed by atoms with Crippen LogP contribution < -0.4 is 10.5 Å². The second-order valence-corrected chi connectivity index (χ2v) is 5.40. The van der Waals surface area contributed by atoms with Crippen LogP contribution in [0.3, 0.4) is 0 Å². The van der Waals surface area contributed by atoms with Crippen molar-refractivity contribution in [3.8, 4) is 6.01 Å². The van der Waals surface area contributed by atoms with Gasteiger partial charge in [-0.15, -0.1) is 0 Å². The van der Waals surface area contributed by atoms with Crippen LogP contribution in [0.15, 0.2) is 29.4 Å². The zero-order valence-electron chi connectivity index (χ0n) is 11.0. The first-order valence-corrected chi connectivity index (χ1v) is 7.55. The van der Waals surface area contributed by atoms with Crippen molar-refractivity contribution < 1.29 is 4.74 Å². The minimum atomic E-state index is 0.171. The Labute approximate surface area is 126 Å². The fraction of sp³-hybridized carbons (Fsp3) is 0.308. The van der Waals surface area contributed by atoms with E-state index in [2.05, 4.69) is 15.0 Å². The van der Waals surface area contributed by atoms with Gasteiger partial charge in [0.25, 0.3) is 0 Å². The van der Waals surface area contributed by atoms with Gasteiger partial charge in [0.15, 0.2) is 5.16 Å². The van der Waals surface area contributed by atoms with Crippen LogP contribution in [0.25, 0.3) is 0 Å². The zero-order valence-corrected chi connectivity index (χ0v) is 12.6. The molecule has 0 amide bonds. The number of nitrogen functional groups attached to an aromatic ring is 1. The number of aromatic nitrogens is 3. The molecular weight excluding hydrogens is 296 g/mol. The lowest BCUT2D eigenvalue weighted by Crippen LogP contribution is -2.05.